The van der Waals surface area contributed by atoms with Crippen molar-refractivity contribution in [3.63, 3.8) is 0 Å². The van der Waals surface area contributed by atoms with Crippen LogP contribution in [-0.2, 0) is 0 Å². The van der Waals surface area contributed by atoms with E-state index >= 15 is 0 Å². The predicted octanol–water partition coefficient (Wildman–Crippen LogP) is 5.23. The van der Waals surface area contributed by atoms with Crippen molar-refractivity contribution in [3.05, 3.63) is 82.3 Å². The molecule has 0 aromatic heterocycles. The molecule has 0 aliphatic carbocycles. The zero-order valence-corrected chi connectivity index (χ0v) is 13.1. The Labute approximate surface area is 129 Å². The highest BCUT2D eigenvalue weighted by molar-refractivity contribution is 9.10. The van der Waals surface area contributed by atoms with Gasteiger partial charge in [-0.25, -0.2) is 0 Å². The molecule has 104 valence electrons. The first kappa shape index (κ1) is 15.0. The Kier molecular flexibility index (Phi) is 5.57. The second kappa shape index (κ2) is 7.41. The van der Waals surface area contributed by atoms with Gasteiger partial charge in [0.15, 0.2) is 0 Å². The average Bonchev–Trinajstić information content (AvgIpc) is 2.48. The monoisotopic (exact) mass is 330 g/mol. The highest BCUT2D eigenvalue weighted by atomic mass is 79.9. The Balaban J connectivity index is 2.34. The largest absolute Gasteiger partial charge is 0.387 e. The number of aliphatic hydroxyl groups is 1. The summed E-state index contributed by atoms with van der Waals surface area (Å²) >= 11 is 3.46. The number of hydrogen-bond donors (Lipinski definition) is 1. The van der Waals surface area contributed by atoms with Crippen LogP contribution < -0.4 is 0 Å². The summed E-state index contributed by atoms with van der Waals surface area (Å²) in [6, 6.07) is 18.0. The van der Waals surface area contributed by atoms with E-state index in [1.807, 2.05) is 42.5 Å². The summed E-state index contributed by atoms with van der Waals surface area (Å²) in [6.07, 6.45) is 4.63. The van der Waals surface area contributed by atoms with Gasteiger partial charge in [0.25, 0.3) is 0 Å². The van der Waals surface area contributed by atoms with Gasteiger partial charge in [-0.15, -0.1) is 0 Å². The first-order valence-electron chi connectivity index (χ1n) is 6.87. The van der Waals surface area contributed by atoms with Gasteiger partial charge in [0.05, 0.1) is 6.10 Å². The van der Waals surface area contributed by atoms with Crippen LogP contribution >= 0.6 is 15.9 Å². The molecule has 20 heavy (non-hydrogen) atoms. The SMILES string of the molecule is CC/C=C/[C@H](c1ccccc1)[C@H](O)c1cccc(Br)c1. The second-order valence-electron chi connectivity index (χ2n) is 4.77. The molecular formula is C18H19BrO. The van der Waals surface area contributed by atoms with E-state index in [4.69, 9.17) is 0 Å². The molecule has 2 heteroatoms. The van der Waals surface area contributed by atoms with E-state index in [9.17, 15) is 5.11 Å². The van der Waals surface area contributed by atoms with Crippen LogP contribution in [0.25, 0.3) is 0 Å². The lowest BCUT2D eigenvalue weighted by atomic mass is 9.88. The van der Waals surface area contributed by atoms with Crippen LogP contribution in [0.15, 0.2) is 71.2 Å². The molecule has 0 spiro atoms. The van der Waals surface area contributed by atoms with E-state index < -0.39 is 6.10 Å². The zero-order valence-electron chi connectivity index (χ0n) is 11.5. The maximum absolute atomic E-state index is 10.7. The summed E-state index contributed by atoms with van der Waals surface area (Å²) in [5.41, 5.74) is 2.05. The Bertz CT molecular complexity index is 563. The van der Waals surface area contributed by atoms with Crippen molar-refractivity contribution in [2.24, 2.45) is 0 Å². The van der Waals surface area contributed by atoms with E-state index in [1.54, 1.807) is 0 Å². The average molecular weight is 331 g/mol. The molecule has 0 fully saturated rings. The maximum Gasteiger partial charge on any atom is 0.0893 e. The van der Waals surface area contributed by atoms with Crippen molar-refractivity contribution in [2.75, 3.05) is 0 Å². The van der Waals surface area contributed by atoms with Gasteiger partial charge in [0.2, 0.25) is 0 Å². The van der Waals surface area contributed by atoms with Crippen LogP contribution in [0, 0.1) is 0 Å². The van der Waals surface area contributed by atoms with E-state index in [-0.39, 0.29) is 5.92 Å². The van der Waals surface area contributed by atoms with Crippen LogP contribution in [0.1, 0.15) is 36.5 Å². The zero-order chi connectivity index (χ0) is 14.4. The topological polar surface area (TPSA) is 20.2 Å². The minimum Gasteiger partial charge on any atom is -0.387 e. The molecule has 2 aromatic rings. The summed E-state index contributed by atoms with van der Waals surface area (Å²) < 4.78 is 0.986. The number of halogens is 1. The van der Waals surface area contributed by atoms with Crippen molar-refractivity contribution in [2.45, 2.75) is 25.4 Å². The van der Waals surface area contributed by atoms with Gasteiger partial charge >= 0.3 is 0 Å². The van der Waals surface area contributed by atoms with Crippen molar-refractivity contribution in [1.29, 1.82) is 0 Å². The molecule has 0 saturated carbocycles. The van der Waals surface area contributed by atoms with Crippen molar-refractivity contribution in [3.8, 4) is 0 Å². The molecule has 1 nitrogen and oxygen atoms in total. The smallest absolute Gasteiger partial charge is 0.0893 e. The molecule has 0 bridgehead atoms. The van der Waals surface area contributed by atoms with Crippen LogP contribution in [0.2, 0.25) is 0 Å². The molecule has 0 unspecified atom stereocenters. The lowest BCUT2D eigenvalue weighted by Gasteiger charge is -2.21. The minimum absolute atomic E-state index is 0.0227. The standard InChI is InChI=1S/C18H19BrO/c1-2-3-12-17(14-8-5-4-6-9-14)18(20)15-10-7-11-16(19)13-15/h3-13,17-18,20H,2H2,1H3/b12-3+/t17-,18-/m1/s1. The quantitative estimate of drug-likeness (QED) is 0.744. The summed E-state index contributed by atoms with van der Waals surface area (Å²) in [5, 5.41) is 10.7. The van der Waals surface area contributed by atoms with E-state index in [2.05, 4.69) is 47.1 Å². The van der Waals surface area contributed by atoms with Gasteiger partial charge in [-0.2, -0.15) is 0 Å². The highest BCUT2D eigenvalue weighted by Gasteiger charge is 2.20. The molecule has 0 radical (unpaired) electrons. The van der Waals surface area contributed by atoms with Crippen LogP contribution in [0.5, 0.6) is 0 Å². The third-order valence-corrected chi connectivity index (χ3v) is 3.79. The van der Waals surface area contributed by atoms with E-state index in [0.29, 0.717) is 0 Å². The fourth-order valence-corrected chi connectivity index (χ4v) is 2.67. The van der Waals surface area contributed by atoms with Gasteiger partial charge in [0.1, 0.15) is 0 Å². The third kappa shape index (κ3) is 3.81. The van der Waals surface area contributed by atoms with Gasteiger partial charge in [0, 0.05) is 10.4 Å². The summed E-state index contributed by atoms with van der Waals surface area (Å²) in [5.74, 6) is -0.0227. The minimum atomic E-state index is -0.544. The van der Waals surface area contributed by atoms with Gasteiger partial charge < -0.3 is 5.11 Å². The Hall–Kier alpha value is -1.38. The van der Waals surface area contributed by atoms with Crippen molar-refractivity contribution >= 4 is 15.9 Å². The molecule has 0 saturated heterocycles. The Morgan fingerprint density at radius 3 is 2.40 bits per heavy atom. The van der Waals surface area contributed by atoms with Gasteiger partial charge in [-0.3, -0.25) is 0 Å². The predicted molar refractivity (Wildman–Crippen MR) is 87.7 cm³/mol. The Morgan fingerprint density at radius 2 is 1.75 bits per heavy atom. The third-order valence-electron chi connectivity index (χ3n) is 3.29. The first-order valence-corrected chi connectivity index (χ1v) is 7.66. The summed E-state index contributed by atoms with van der Waals surface area (Å²) in [7, 11) is 0. The fraction of sp³-hybridized carbons (Fsp3) is 0.222. The molecule has 0 heterocycles. The number of allylic oxidation sites excluding steroid dienone is 1. The molecule has 0 aliphatic heterocycles. The van der Waals surface area contributed by atoms with Gasteiger partial charge in [-0.1, -0.05) is 77.5 Å². The number of hydrogen-bond acceptors (Lipinski definition) is 1. The van der Waals surface area contributed by atoms with Crippen molar-refractivity contribution in [1.82, 2.24) is 0 Å². The molecule has 0 amide bonds. The van der Waals surface area contributed by atoms with Gasteiger partial charge in [-0.05, 0) is 29.7 Å². The lowest BCUT2D eigenvalue weighted by molar-refractivity contribution is 0.161. The maximum atomic E-state index is 10.7. The molecular weight excluding hydrogens is 312 g/mol. The number of rotatable bonds is 5. The van der Waals surface area contributed by atoms with E-state index in [1.165, 1.54) is 0 Å². The molecule has 2 aromatic carbocycles. The molecule has 1 N–H and O–H groups in total. The number of benzene rings is 2. The Morgan fingerprint density at radius 1 is 1.05 bits per heavy atom. The summed E-state index contributed by atoms with van der Waals surface area (Å²) in [4.78, 5) is 0. The van der Waals surface area contributed by atoms with Crippen LogP contribution in [0.3, 0.4) is 0 Å². The lowest BCUT2D eigenvalue weighted by Crippen LogP contribution is -2.09. The molecule has 2 atom stereocenters. The molecule has 2 rings (SSSR count). The van der Waals surface area contributed by atoms with Crippen molar-refractivity contribution < 1.29 is 5.11 Å². The highest BCUT2D eigenvalue weighted by Crippen LogP contribution is 2.33. The first-order chi connectivity index (χ1) is 9.72. The molecule has 0 aliphatic rings. The fourth-order valence-electron chi connectivity index (χ4n) is 2.25. The summed E-state index contributed by atoms with van der Waals surface area (Å²) in [6.45, 7) is 2.10. The second-order valence-corrected chi connectivity index (χ2v) is 5.69. The van der Waals surface area contributed by atoms with Crippen LogP contribution in [0.4, 0.5) is 0 Å². The number of aliphatic hydroxyl groups excluding tert-OH is 1. The normalized spacial score (nSPS) is 14.3. The van der Waals surface area contributed by atoms with Crippen LogP contribution in [-0.4, -0.2) is 5.11 Å². The van der Waals surface area contributed by atoms with E-state index in [0.717, 1.165) is 22.0 Å².